The molecule has 3 rings (SSSR count). The van der Waals surface area contributed by atoms with Crippen LogP contribution in [0.5, 0.6) is 0 Å². The van der Waals surface area contributed by atoms with Gasteiger partial charge in [-0.2, -0.15) is 4.98 Å². The summed E-state index contributed by atoms with van der Waals surface area (Å²) in [4.78, 5) is 6.99. The van der Waals surface area contributed by atoms with Crippen LogP contribution >= 0.6 is 22.6 Å². The van der Waals surface area contributed by atoms with E-state index >= 15 is 0 Å². The van der Waals surface area contributed by atoms with E-state index in [1.165, 1.54) is 16.4 Å². The predicted molar refractivity (Wildman–Crippen MR) is 93.4 cm³/mol. The van der Waals surface area contributed by atoms with Gasteiger partial charge in [-0.05, 0) is 61.0 Å². The number of halogens is 1. The summed E-state index contributed by atoms with van der Waals surface area (Å²) < 4.78 is 1.18. The Morgan fingerprint density at radius 1 is 1.43 bits per heavy atom. The van der Waals surface area contributed by atoms with E-state index in [-0.39, 0.29) is 0 Å². The molecular formula is C15H20IN5. The minimum Gasteiger partial charge on any atom is -0.339 e. The fourth-order valence-electron chi connectivity index (χ4n) is 2.87. The molecule has 0 saturated carbocycles. The van der Waals surface area contributed by atoms with Crippen molar-refractivity contribution in [3.8, 4) is 11.4 Å². The number of rotatable bonds is 4. The van der Waals surface area contributed by atoms with Gasteiger partial charge in [-0.3, -0.25) is 5.10 Å². The lowest BCUT2D eigenvalue weighted by Gasteiger charge is -2.31. The largest absolute Gasteiger partial charge is 0.339 e. The maximum atomic E-state index is 4.69. The molecule has 1 aliphatic heterocycles. The lowest BCUT2D eigenvalue weighted by Crippen LogP contribution is -2.39. The molecule has 1 atom stereocenters. The highest BCUT2D eigenvalue weighted by atomic mass is 127. The smallest absolute Gasteiger partial charge is 0.245 e. The van der Waals surface area contributed by atoms with Crippen molar-refractivity contribution < 1.29 is 0 Å². The first-order valence-electron chi connectivity index (χ1n) is 7.35. The van der Waals surface area contributed by atoms with Crippen LogP contribution in [0.4, 0.5) is 5.95 Å². The first kappa shape index (κ1) is 14.8. The second-order valence-electron chi connectivity index (χ2n) is 5.48. The highest BCUT2D eigenvalue weighted by Crippen LogP contribution is 2.25. The van der Waals surface area contributed by atoms with Gasteiger partial charge in [0.2, 0.25) is 5.95 Å². The van der Waals surface area contributed by atoms with Gasteiger partial charge in [0.25, 0.3) is 0 Å². The lowest BCUT2D eigenvalue weighted by molar-refractivity contribution is 0.399. The predicted octanol–water partition coefficient (Wildman–Crippen LogP) is 2.51. The summed E-state index contributed by atoms with van der Waals surface area (Å²) in [7, 11) is 2.02. The van der Waals surface area contributed by atoms with Crippen LogP contribution in [-0.4, -0.2) is 41.9 Å². The van der Waals surface area contributed by atoms with Gasteiger partial charge in [-0.25, -0.2) is 0 Å². The van der Waals surface area contributed by atoms with E-state index in [0.717, 1.165) is 37.0 Å². The molecule has 1 unspecified atom stereocenters. The molecule has 0 spiro atoms. The molecule has 5 nitrogen and oxygen atoms in total. The van der Waals surface area contributed by atoms with Gasteiger partial charge >= 0.3 is 0 Å². The topological polar surface area (TPSA) is 56.8 Å². The number of hydrogen-bond acceptors (Lipinski definition) is 4. The van der Waals surface area contributed by atoms with E-state index < -0.39 is 0 Å². The molecule has 1 aromatic carbocycles. The molecule has 112 valence electrons. The highest BCUT2D eigenvalue weighted by Gasteiger charge is 2.22. The monoisotopic (exact) mass is 397 g/mol. The summed E-state index contributed by atoms with van der Waals surface area (Å²) in [5, 5.41) is 10.8. The number of anilines is 1. The van der Waals surface area contributed by atoms with E-state index in [1.807, 2.05) is 19.2 Å². The molecule has 0 bridgehead atoms. The van der Waals surface area contributed by atoms with Crippen LogP contribution in [0.1, 0.15) is 12.8 Å². The fraction of sp³-hybridized carbons (Fsp3) is 0.467. The second kappa shape index (κ2) is 6.74. The third-order valence-electron chi connectivity index (χ3n) is 3.90. The Morgan fingerprint density at radius 3 is 3.10 bits per heavy atom. The van der Waals surface area contributed by atoms with Crippen molar-refractivity contribution in [2.75, 3.05) is 31.6 Å². The van der Waals surface area contributed by atoms with Gasteiger partial charge in [-0.1, -0.05) is 18.2 Å². The number of benzene rings is 1. The minimum atomic E-state index is 0.683. The van der Waals surface area contributed by atoms with E-state index in [0.29, 0.717) is 5.92 Å². The summed E-state index contributed by atoms with van der Waals surface area (Å²) in [6, 6.07) is 8.23. The molecular weight excluding hydrogens is 377 g/mol. The Labute approximate surface area is 138 Å². The molecule has 1 aromatic heterocycles. The zero-order chi connectivity index (χ0) is 14.7. The summed E-state index contributed by atoms with van der Waals surface area (Å²) in [5.74, 6) is 2.36. The van der Waals surface area contributed by atoms with Crippen molar-refractivity contribution >= 4 is 28.5 Å². The Bertz CT molecular complexity index is 595. The molecule has 1 saturated heterocycles. The van der Waals surface area contributed by atoms with Crippen LogP contribution in [0.15, 0.2) is 24.3 Å². The van der Waals surface area contributed by atoms with Gasteiger partial charge in [0.05, 0.1) is 0 Å². The molecule has 2 heterocycles. The second-order valence-corrected chi connectivity index (χ2v) is 6.64. The Morgan fingerprint density at radius 2 is 2.29 bits per heavy atom. The first-order valence-corrected chi connectivity index (χ1v) is 8.42. The molecule has 2 N–H and O–H groups in total. The standard InChI is InChI=1S/C15H20IN5/c1-17-9-11-5-4-8-21(10-11)15-18-14(19-20-15)12-6-2-3-7-13(12)16/h2-3,6-7,11,17H,4-5,8-10H2,1H3,(H,18,19,20). The summed E-state index contributed by atoms with van der Waals surface area (Å²) in [5.41, 5.74) is 1.11. The molecule has 1 fully saturated rings. The Hall–Kier alpha value is -1.15. The van der Waals surface area contributed by atoms with Crippen LogP contribution in [0.25, 0.3) is 11.4 Å². The van der Waals surface area contributed by atoms with E-state index in [2.05, 4.69) is 55.1 Å². The normalized spacial score (nSPS) is 19.0. The number of nitrogens with zero attached hydrogens (tertiary/aromatic N) is 3. The Balaban J connectivity index is 1.77. The van der Waals surface area contributed by atoms with Crippen molar-refractivity contribution in [2.45, 2.75) is 12.8 Å². The minimum absolute atomic E-state index is 0.683. The van der Waals surface area contributed by atoms with Crippen molar-refractivity contribution in [3.05, 3.63) is 27.8 Å². The lowest BCUT2D eigenvalue weighted by atomic mass is 9.98. The molecule has 6 heteroatoms. The zero-order valence-corrected chi connectivity index (χ0v) is 14.3. The number of aromatic nitrogens is 3. The molecule has 0 aliphatic carbocycles. The Kier molecular flexibility index (Phi) is 4.74. The van der Waals surface area contributed by atoms with Crippen LogP contribution in [0.2, 0.25) is 0 Å². The zero-order valence-electron chi connectivity index (χ0n) is 12.1. The van der Waals surface area contributed by atoms with Crippen LogP contribution in [-0.2, 0) is 0 Å². The highest BCUT2D eigenvalue weighted by molar-refractivity contribution is 14.1. The average Bonchev–Trinajstić information content (AvgIpc) is 2.98. The van der Waals surface area contributed by atoms with Crippen molar-refractivity contribution in [1.29, 1.82) is 0 Å². The van der Waals surface area contributed by atoms with Gasteiger partial charge in [-0.15, -0.1) is 5.10 Å². The fourth-order valence-corrected chi connectivity index (χ4v) is 3.51. The SMILES string of the molecule is CNCC1CCCN(c2n[nH]c(-c3ccccc3I)n2)C1. The van der Waals surface area contributed by atoms with Crippen LogP contribution < -0.4 is 10.2 Å². The third-order valence-corrected chi connectivity index (χ3v) is 4.84. The molecule has 0 radical (unpaired) electrons. The summed E-state index contributed by atoms with van der Waals surface area (Å²) in [6.07, 6.45) is 2.49. The van der Waals surface area contributed by atoms with E-state index in [4.69, 9.17) is 4.98 Å². The van der Waals surface area contributed by atoms with Crippen LogP contribution in [0.3, 0.4) is 0 Å². The van der Waals surface area contributed by atoms with E-state index in [1.54, 1.807) is 0 Å². The third kappa shape index (κ3) is 3.37. The first-order chi connectivity index (χ1) is 10.3. The quantitative estimate of drug-likeness (QED) is 0.779. The van der Waals surface area contributed by atoms with Gasteiger partial charge in [0, 0.05) is 22.2 Å². The maximum absolute atomic E-state index is 4.69. The summed E-state index contributed by atoms with van der Waals surface area (Å²) in [6.45, 7) is 3.14. The number of aromatic amines is 1. The molecule has 2 aromatic rings. The van der Waals surface area contributed by atoms with Gasteiger partial charge < -0.3 is 10.2 Å². The van der Waals surface area contributed by atoms with Crippen molar-refractivity contribution in [1.82, 2.24) is 20.5 Å². The van der Waals surface area contributed by atoms with Crippen molar-refractivity contribution in [3.63, 3.8) is 0 Å². The number of hydrogen-bond donors (Lipinski definition) is 2. The average molecular weight is 397 g/mol. The molecule has 0 amide bonds. The summed E-state index contributed by atoms with van der Waals surface area (Å²) >= 11 is 2.33. The van der Waals surface area contributed by atoms with Gasteiger partial charge in [0.1, 0.15) is 0 Å². The molecule has 21 heavy (non-hydrogen) atoms. The molecule has 1 aliphatic rings. The van der Waals surface area contributed by atoms with Crippen molar-refractivity contribution in [2.24, 2.45) is 5.92 Å². The van der Waals surface area contributed by atoms with Crippen LogP contribution in [0, 0.1) is 9.49 Å². The van der Waals surface area contributed by atoms with Gasteiger partial charge in [0.15, 0.2) is 5.82 Å². The number of piperidine rings is 1. The number of nitrogens with one attached hydrogen (secondary N) is 2. The van der Waals surface area contributed by atoms with E-state index in [9.17, 15) is 0 Å². The number of H-pyrrole nitrogens is 1. The maximum Gasteiger partial charge on any atom is 0.245 e.